The Kier molecular flexibility index (Phi) is 9.68. The summed E-state index contributed by atoms with van der Waals surface area (Å²) >= 11 is 0. The molecule has 0 atom stereocenters. The summed E-state index contributed by atoms with van der Waals surface area (Å²) in [5.74, 6) is 0. The highest BCUT2D eigenvalue weighted by molar-refractivity contribution is 5.66. The van der Waals surface area contributed by atoms with Gasteiger partial charge in [0.2, 0.25) is 0 Å². The molecule has 0 spiro atoms. The SMILES string of the molecule is COC(=O)NCCCNCCCCN. The minimum Gasteiger partial charge on any atom is -0.453 e. The number of hydrogen-bond acceptors (Lipinski definition) is 4. The maximum absolute atomic E-state index is 10.6. The number of ether oxygens (including phenoxy) is 1. The molecule has 0 rings (SSSR count). The van der Waals surface area contributed by atoms with E-state index in [-0.39, 0.29) is 6.09 Å². The molecule has 4 N–H and O–H groups in total. The van der Waals surface area contributed by atoms with E-state index in [9.17, 15) is 4.79 Å². The van der Waals surface area contributed by atoms with E-state index in [1.54, 1.807) is 0 Å². The summed E-state index contributed by atoms with van der Waals surface area (Å²) < 4.78 is 4.43. The Balaban J connectivity index is 2.95. The fraction of sp³-hybridized carbons (Fsp3) is 0.889. The van der Waals surface area contributed by atoms with Crippen LogP contribution in [0.3, 0.4) is 0 Å². The second kappa shape index (κ2) is 10.3. The molecule has 0 aromatic heterocycles. The van der Waals surface area contributed by atoms with E-state index in [1.807, 2.05) is 0 Å². The van der Waals surface area contributed by atoms with E-state index < -0.39 is 0 Å². The molecule has 84 valence electrons. The van der Waals surface area contributed by atoms with Crippen LogP contribution in [0, 0.1) is 0 Å². The lowest BCUT2D eigenvalue weighted by atomic mass is 10.3. The van der Waals surface area contributed by atoms with E-state index in [1.165, 1.54) is 7.11 Å². The third-order valence-corrected chi connectivity index (χ3v) is 1.79. The molecule has 0 saturated carbocycles. The van der Waals surface area contributed by atoms with Gasteiger partial charge in [-0.05, 0) is 38.9 Å². The summed E-state index contributed by atoms with van der Waals surface area (Å²) in [5.41, 5.74) is 5.35. The zero-order valence-electron chi connectivity index (χ0n) is 8.84. The average Bonchev–Trinajstić information content (AvgIpc) is 2.21. The van der Waals surface area contributed by atoms with Gasteiger partial charge in [-0.25, -0.2) is 4.79 Å². The first-order chi connectivity index (χ1) is 6.81. The quantitative estimate of drug-likeness (QED) is 0.488. The largest absolute Gasteiger partial charge is 0.453 e. The zero-order chi connectivity index (χ0) is 10.6. The summed E-state index contributed by atoms with van der Waals surface area (Å²) in [6.07, 6.45) is 2.72. The van der Waals surface area contributed by atoms with Gasteiger partial charge in [0.05, 0.1) is 7.11 Å². The van der Waals surface area contributed by atoms with Crippen LogP contribution in [0.5, 0.6) is 0 Å². The minimum atomic E-state index is -0.367. The summed E-state index contributed by atoms with van der Waals surface area (Å²) in [6, 6.07) is 0. The topological polar surface area (TPSA) is 76.4 Å². The van der Waals surface area contributed by atoms with E-state index in [4.69, 9.17) is 5.73 Å². The van der Waals surface area contributed by atoms with Gasteiger partial charge < -0.3 is 21.1 Å². The molecule has 0 unspecified atom stereocenters. The number of rotatable bonds is 8. The van der Waals surface area contributed by atoms with Gasteiger partial charge in [0.1, 0.15) is 0 Å². The number of nitrogens with two attached hydrogens (primary N) is 1. The van der Waals surface area contributed by atoms with Gasteiger partial charge in [0.15, 0.2) is 0 Å². The van der Waals surface area contributed by atoms with Crippen molar-refractivity contribution < 1.29 is 9.53 Å². The Hall–Kier alpha value is -0.810. The van der Waals surface area contributed by atoms with Crippen molar-refractivity contribution in [1.29, 1.82) is 0 Å². The monoisotopic (exact) mass is 203 g/mol. The smallest absolute Gasteiger partial charge is 0.406 e. The molecule has 0 aliphatic carbocycles. The molecule has 0 aliphatic rings. The fourth-order valence-corrected chi connectivity index (χ4v) is 0.995. The van der Waals surface area contributed by atoms with Crippen LogP contribution in [0.1, 0.15) is 19.3 Å². The highest BCUT2D eigenvalue weighted by Crippen LogP contribution is 1.82. The molecular formula is C9H21N3O2. The molecule has 0 radical (unpaired) electrons. The fourth-order valence-electron chi connectivity index (χ4n) is 0.995. The molecule has 5 heteroatoms. The Labute approximate surface area is 85.4 Å². The lowest BCUT2D eigenvalue weighted by Gasteiger charge is -2.05. The van der Waals surface area contributed by atoms with Gasteiger partial charge in [-0.1, -0.05) is 0 Å². The van der Waals surface area contributed by atoms with Crippen molar-refractivity contribution in [2.24, 2.45) is 5.73 Å². The van der Waals surface area contributed by atoms with Crippen LogP contribution < -0.4 is 16.4 Å². The first kappa shape index (κ1) is 13.2. The average molecular weight is 203 g/mol. The predicted octanol–water partition coefficient (Wildman–Crippen LogP) is 0.0610. The highest BCUT2D eigenvalue weighted by atomic mass is 16.5. The number of methoxy groups -OCH3 is 1. The van der Waals surface area contributed by atoms with Crippen LogP contribution in [0.2, 0.25) is 0 Å². The molecule has 0 aliphatic heterocycles. The molecule has 0 heterocycles. The van der Waals surface area contributed by atoms with Gasteiger partial charge in [0.25, 0.3) is 0 Å². The molecule has 0 aromatic carbocycles. The van der Waals surface area contributed by atoms with Crippen LogP contribution >= 0.6 is 0 Å². The van der Waals surface area contributed by atoms with E-state index in [0.29, 0.717) is 6.54 Å². The zero-order valence-corrected chi connectivity index (χ0v) is 8.84. The second-order valence-electron chi connectivity index (χ2n) is 3.02. The number of carbonyl (C=O) groups excluding carboxylic acids is 1. The molecule has 14 heavy (non-hydrogen) atoms. The Bertz CT molecular complexity index is 142. The Morgan fingerprint density at radius 3 is 2.57 bits per heavy atom. The number of carbonyl (C=O) groups is 1. The van der Waals surface area contributed by atoms with E-state index >= 15 is 0 Å². The van der Waals surface area contributed by atoms with Crippen LogP contribution in [-0.2, 0) is 4.74 Å². The van der Waals surface area contributed by atoms with Crippen molar-refractivity contribution in [3.8, 4) is 0 Å². The minimum absolute atomic E-state index is 0.367. The van der Waals surface area contributed by atoms with Crippen molar-refractivity contribution in [2.45, 2.75) is 19.3 Å². The summed E-state index contributed by atoms with van der Waals surface area (Å²) in [4.78, 5) is 10.6. The van der Waals surface area contributed by atoms with Gasteiger partial charge in [-0.3, -0.25) is 0 Å². The van der Waals surface area contributed by atoms with Gasteiger partial charge in [0, 0.05) is 6.54 Å². The van der Waals surface area contributed by atoms with E-state index in [2.05, 4.69) is 15.4 Å². The second-order valence-corrected chi connectivity index (χ2v) is 3.02. The normalized spacial score (nSPS) is 9.86. The van der Waals surface area contributed by atoms with Crippen molar-refractivity contribution in [3.63, 3.8) is 0 Å². The molecule has 1 amide bonds. The standard InChI is InChI=1S/C9H21N3O2/c1-14-9(13)12-8-4-7-11-6-3-2-5-10/h11H,2-8,10H2,1H3,(H,12,13). The van der Waals surface area contributed by atoms with Crippen molar-refractivity contribution in [2.75, 3.05) is 33.3 Å². The Morgan fingerprint density at radius 1 is 1.21 bits per heavy atom. The lowest BCUT2D eigenvalue weighted by molar-refractivity contribution is 0.171. The number of amides is 1. The van der Waals surface area contributed by atoms with Gasteiger partial charge in [-0.15, -0.1) is 0 Å². The number of nitrogens with one attached hydrogen (secondary N) is 2. The molecule has 0 aromatic rings. The van der Waals surface area contributed by atoms with Crippen LogP contribution in [0.15, 0.2) is 0 Å². The Morgan fingerprint density at radius 2 is 1.93 bits per heavy atom. The number of alkyl carbamates (subject to hydrolysis) is 1. The molecule has 0 bridgehead atoms. The third kappa shape index (κ3) is 9.28. The molecule has 0 saturated heterocycles. The van der Waals surface area contributed by atoms with Gasteiger partial charge >= 0.3 is 6.09 Å². The van der Waals surface area contributed by atoms with Crippen LogP contribution in [0.4, 0.5) is 4.79 Å². The first-order valence-electron chi connectivity index (χ1n) is 5.04. The number of hydrogen-bond donors (Lipinski definition) is 3. The predicted molar refractivity (Wildman–Crippen MR) is 56.2 cm³/mol. The van der Waals surface area contributed by atoms with Crippen LogP contribution in [0.25, 0.3) is 0 Å². The maximum atomic E-state index is 10.6. The van der Waals surface area contributed by atoms with Crippen molar-refractivity contribution in [3.05, 3.63) is 0 Å². The van der Waals surface area contributed by atoms with E-state index in [0.717, 1.165) is 38.9 Å². The summed E-state index contributed by atoms with van der Waals surface area (Å²) in [5, 5.41) is 5.88. The first-order valence-corrected chi connectivity index (χ1v) is 5.04. The molecule has 5 nitrogen and oxygen atoms in total. The van der Waals surface area contributed by atoms with Gasteiger partial charge in [-0.2, -0.15) is 0 Å². The maximum Gasteiger partial charge on any atom is 0.406 e. The van der Waals surface area contributed by atoms with Crippen molar-refractivity contribution >= 4 is 6.09 Å². The molecular weight excluding hydrogens is 182 g/mol. The molecule has 0 fully saturated rings. The number of unbranched alkanes of at least 4 members (excludes halogenated alkanes) is 1. The highest BCUT2D eigenvalue weighted by Gasteiger charge is 1.95. The summed E-state index contributed by atoms with van der Waals surface area (Å²) in [7, 11) is 1.36. The third-order valence-electron chi connectivity index (χ3n) is 1.79. The van der Waals surface area contributed by atoms with Crippen LogP contribution in [-0.4, -0.2) is 39.4 Å². The van der Waals surface area contributed by atoms with Crippen molar-refractivity contribution in [1.82, 2.24) is 10.6 Å². The lowest BCUT2D eigenvalue weighted by Crippen LogP contribution is -2.27. The summed E-state index contributed by atoms with van der Waals surface area (Å²) in [6.45, 7) is 3.31.